The van der Waals surface area contributed by atoms with E-state index in [0.29, 0.717) is 57.9 Å². The van der Waals surface area contributed by atoms with Gasteiger partial charge in [-0.2, -0.15) is 0 Å². The number of nitrogens with one attached hydrogen (secondary N) is 1. The fraction of sp³-hybridized carbons (Fsp3) is 0.750. The molecule has 2 saturated heterocycles. The van der Waals surface area contributed by atoms with Crippen molar-refractivity contribution in [3.05, 3.63) is 25.3 Å². The molecule has 0 spiro atoms. The normalized spacial score (nSPS) is 35.0. The van der Waals surface area contributed by atoms with Crippen LogP contribution < -0.4 is 10.2 Å². The Kier molecular flexibility index (Phi) is 13.3. The van der Waals surface area contributed by atoms with E-state index in [0.717, 1.165) is 62.3 Å². The maximum absolute atomic E-state index is 13.8. The first-order chi connectivity index (χ1) is 25.3. The van der Waals surface area contributed by atoms with E-state index in [1.54, 1.807) is 12.7 Å². The number of esters is 1. The zero-order valence-corrected chi connectivity index (χ0v) is 34.9. The minimum absolute atomic E-state index is 0. The molecule has 7 rings (SSSR count). The van der Waals surface area contributed by atoms with Crippen molar-refractivity contribution in [3.63, 3.8) is 0 Å². The van der Waals surface area contributed by atoms with E-state index in [9.17, 15) is 19.5 Å². The van der Waals surface area contributed by atoms with Gasteiger partial charge in [0.2, 0.25) is 5.91 Å². The van der Waals surface area contributed by atoms with Gasteiger partial charge in [-0.05, 0) is 68.9 Å². The number of aliphatic hydroxyl groups excluding tert-OH is 1. The number of fused-ring (bicyclic) bond motifs is 1. The third-order valence-corrected chi connectivity index (χ3v) is 14.7. The lowest BCUT2D eigenvalue weighted by Crippen LogP contribution is -2.63. The monoisotopic (exact) mass is 804 g/mol. The Balaban J connectivity index is 0.00000290. The zero-order chi connectivity index (χ0) is 37.7. The summed E-state index contributed by atoms with van der Waals surface area (Å²) in [6.07, 6.45) is 8.95. The van der Waals surface area contributed by atoms with Crippen LogP contribution in [0.15, 0.2) is 25.3 Å². The molecule has 2 bridgehead atoms. The van der Waals surface area contributed by atoms with Crippen LogP contribution in [0.4, 0.5) is 5.82 Å². The summed E-state index contributed by atoms with van der Waals surface area (Å²) >= 11 is 0. The number of amides is 1. The number of carbonyl (C=O) groups excluding carboxylic acids is 3. The van der Waals surface area contributed by atoms with Crippen LogP contribution in [0.2, 0.25) is 0 Å². The van der Waals surface area contributed by atoms with Gasteiger partial charge in [0.05, 0.1) is 19.0 Å². The molecule has 15 heteroatoms. The van der Waals surface area contributed by atoms with E-state index in [-0.39, 0.29) is 72.2 Å². The summed E-state index contributed by atoms with van der Waals surface area (Å²) < 4.78 is 8.41. The highest BCUT2D eigenvalue weighted by Gasteiger charge is 2.68. The molecule has 3 aliphatic carbocycles. The molecule has 0 radical (unpaired) electrons. The van der Waals surface area contributed by atoms with Gasteiger partial charge in [0.25, 0.3) is 0 Å². The average Bonchev–Trinajstić information content (AvgIpc) is 3.89. The van der Waals surface area contributed by atoms with E-state index < -0.39 is 23.0 Å². The number of aryl methyl sites for hydroxylation is 1. The minimum Gasteiger partial charge on any atom is -0.461 e. The molecule has 306 valence electrons. The number of ketones is 1. The second-order valence-corrected chi connectivity index (χ2v) is 17.4. The Morgan fingerprint density at radius 3 is 2.53 bits per heavy atom. The van der Waals surface area contributed by atoms with E-state index >= 15 is 0 Å². The number of aliphatic hydroxyl groups is 1. The van der Waals surface area contributed by atoms with Gasteiger partial charge in [-0.3, -0.25) is 19.3 Å². The summed E-state index contributed by atoms with van der Waals surface area (Å²) in [5, 5.41) is 15.1. The number of halogens is 2. The van der Waals surface area contributed by atoms with Crippen molar-refractivity contribution >= 4 is 59.5 Å². The first-order valence-corrected chi connectivity index (χ1v) is 19.9. The van der Waals surface area contributed by atoms with Gasteiger partial charge in [0.1, 0.15) is 18.2 Å². The van der Waals surface area contributed by atoms with Gasteiger partial charge in [0, 0.05) is 75.4 Å². The Hall–Kier alpha value is -2.84. The summed E-state index contributed by atoms with van der Waals surface area (Å²) in [5.41, 5.74) is 0.000233. The third kappa shape index (κ3) is 7.65. The molecular formula is C40H62Cl2N8O5. The highest BCUT2D eigenvalue weighted by molar-refractivity contribution is 5.86. The fourth-order valence-electron chi connectivity index (χ4n) is 11.2. The van der Waals surface area contributed by atoms with Gasteiger partial charge in [-0.25, -0.2) is 15.0 Å². The van der Waals surface area contributed by atoms with Crippen molar-refractivity contribution in [1.82, 2.24) is 34.6 Å². The lowest BCUT2D eigenvalue weighted by atomic mass is 9.44. The van der Waals surface area contributed by atoms with E-state index in [1.165, 1.54) is 0 Å². The summed E-state index contributed by atoms with van der Waals surface area (Å²) in [6, 6.07) is 0. The first kappa shape index (κ1) is 43.3. The fourth-order valence-corrected chi connectivity index (χ4v) is 11.2. The molecule has 3 saturated carbocycles. The molecule has 13 nitrogen and oxygen atoms in total. The molecule has 4 heterocycles. The van der Waals surface area contributed by atoms with Crippen LogP contribution in [0.25, 0.3) is 11.2 Å². The zero-order valence-electron chi connectivity index (χ0n) is 33.2. The summed E-state index contributed by atoms with van der Waals surface area (Å²) in [4.78, 5) is 60.8. The van der Waals surface area contributed by atoms with Crippen LogP contribution in [0.5, 0.6) is 0 Å². The Labute approximate surface area is 338 Å². The molecular weight excluding hydrogens is 743 g/mol. The number of aromatic nitrogens is 4. The topological polar surface area (TPSA) is 146 Å². The molecule has 1 amide bonds. The van der Waals surface area contributed by atoms with Gasteiger partial charge in [-0.15, -0.1) is 31.4 Å². The van der Waals surface area contributed by atoms with Crippen LogP contribution in [0.1, 0.15) is 72.6 Å². The lowest BCUT2D eigenvalue weighted by Gasteiger charge is -2.61. The maximum Gasteiger partial charge on any atom is 0.320 e. The number of nitrogens with zero attached hydrogens (tertiary/aromatic N) is 7. The Bertz CT molecular complexity index is 1720. The predicted molar refractivity (Wildman–Crippen MR) is 216 cm³/mol. The number of hydrogen-bond acceptors (Lipinski definition) is 11. The SMILES string of the molecule is C=C[C@]1(C)C[C@@H](OC(=O)CN2CCN(C(=O)CCn3cnc4c(N5CC[C@@H](CNC)C5)ncnc43)CC2)[C@]2(C)[C@H](C)CC[C@]3(CCC(=O)[C@H]32)[C@@H](C)[C@@H]1O.Cl.Cl. The van der Waals surface area contributed by atoms with Crippen LogP contribution in [0.3, 0.4) is 0 Å². The number of anilines is 1. The highest BCUT2D eigenvalue weighted by Crippen LogP contribution is 2.68. The summed E-state index contributed by atoms with van der Waals surface area (Å²) in [5.74, 6) is 1.29. The molecule has 2 aliphatic heterocycles. The van der Waals surface area contributed by atoms with Crippen molar-refractivity contribution in [2.75, 3.05) is 64.3 Å². The highest BCUT2D eigenvalue weighted by atomic mass is 35.5. The number of hydrogen-bond donors (Lipinski definition) is 2. The Morgan fingerprint density at radius 1 is 1.07 bits per heavy atom. The molecule has 55 heavy (non-hydrogen) atoms. The van der Waals surface area contributed by atoms with Gasteiger partial charge >= 0.3 is 5.97 Å². The summed E-state index contributed by atoms with van der Waals surface area (Å²) in [7, 11) is 1.98. The first-order valence-electron chi connectivity index (χ1n) is 19.9. The molecule has 9 atom stereocenters. The number of carbonyl (C=O) groups is 3. The third-order valence-electron chi connectivity index (χ3n) is 14.7. The van der Waals surface area contributed by atoms with Crippen molar-refractivity contribution in [3.8, 4) is 0 Å². The number of rotatable bonds is 10. The number of ether oxygens (including phenoxy) is 1. The molecule has 2 N–H and O–H groups in total. The van der Waals surface area contributed by atoms with E-state index in [1.807, 2.05) is 29.5 Å². The Morgan fingerprint density at radius 2 is 1.82 bits per heavy atom. The largest absolute Gasteiger partial charge is 0.461 e. The van der Waals surface area contributed by atoms with Gasteiger partial charge in [-0.1, -0.05) is 33.8 Å². The van der Waals surface area contributed by atoms with Crippen molar-refractivity contribution < 1.29 is 24.2 Å². The second kappa shape index (κ2) is 16.9. The number of Topliss-reactive ketones (excluding diaryl/α,β-unsaturated/α-hetero) is 1. The molecule has 2 aromatic heterocycles. The average molecular weight is 806 g/mol. The van der Waals surface area contributed by atoms with Crippen molar-refractivity contribution in [2.24, 2.45) is 39.9 Å². The summed E-state index contributed by atoms with van der Waals surface area (Å²) in [6.45, 7) is 18.3. The van der Waals surface area contributed by atoms with Crippen LogP contribution >= 0.6 is 24.8 Å². The number of imidazole rings is 1. The van der Waals surface area contributed by atoms with Crippen LogP contribution in [0, 0.1) is 39.9 Å². The molecule has 5 fully saturated rings. The molecule has 0 aromatic carbocycles. The minimum atomic E-state index is -0.692. The van der Waals surface area contributed by atoms with Gasteiger partial charge < -0.3 is 29.5 Å². The lowest BCUT2D eigenvalue weighted by molar-refractivity contribution is -0.207. The van der Waals surface area contributed by atoms with Crippen LogP contribution in [-0.2, 0) is 25.7 Å². The maximum atomic E-state index is 13.8. The van der Waals surface area contributed by atoms with Crippen molar-refractivity contribution in [1.29, 1.82) is 0 Å². The van der Waals surface area contributed by atoms with E-state index in [2.05, 4.69) is 57.4 Å². The van der Waals surface area contributed by atoms with E-state index in [4.69, 9.17) is 4.74 Å². The predicted octanol–water partition coefficient (Wildman–Crippen LogP) is 4.16. The number of piperazine rings is 1. The quantitative estimate of drug-likeness (QED) is 0.264. The van der Waals surface area contributed by atoms with Gasteiger partial charge in [0.15, 0.2) is 17.0 Å². The van der Waals surface area contributed by atoms with Crippen molar-refractivity contribution in [2.45, 2.75) is 91.4 Å². The standard InChI is InChI=1S/C40H60N8O5.2ClH/c1-7-38(4)20-30(39(5)26(2)8-12-40(27(3)35(38)52)13-9-29(49)34(39)40)53-32(51)23-45-16-18-46(19-17-45)31(50)11-15-48-25-44-33-36(42-24-43-37(33)48)47-14-10-28(22-47)21-41-6;;/h7,24-28,30,34-35,41,52H,1,8-23H2,2-6H3;2*1H/t26-,27+,28+,30-,34+,35+,38-,39+,40+;;/m1../s1. The smallest absolute Gasteiger partial charge is 0.320 e. The molecule has 2 aromatic rings. The molecule has 0 unspecified atom stereocenters. The second-order valence-electron chi connectivity index (χ2n) is 17.4. The van der Waals surface area contributed by atoms with Crippen LogP contribution in [-0.4, -0.2) is 124 Å². The molecule has 5 aliphatic rings.